The van der Waals surface area contributed by atoms with E-state index in [1.54, 1.807) is 23.7 Å². The van der Waals surface area contributed by atoms with Gasteiger partial charge in [-0.3, -0.25) is 9.20 Å². The van der Waals surface area contributed by atoms with Gasteiger partial charge in [0.2, 0.25) is 0 Å². The summed E-state index contributed by atoms with van der Waals surface area (Å²) in [5.41, 5.74) is 2.62. The molecule has 1 atom stereocenters. The molecule has 1 aliphatic carbocycles. The van der Waals surface area contributed by atoms with Crippen molar-refractivity contribution in [1.29, 1.82) is 0 Å². The number of thiazole rings is 1. The Labute approximate surface area is 131 Å². The number of aliphatic carboxylic acids is 1. The maximum absolute atomic E-state index is 11.3. The van der Waals surface area contributed by atoms with Gasteiger partial charge >= 0.3 is 5.97 Å². The van der Waals surface area contributed by atoms with E-state index < -0.39 is 5.97 Å². The highest BCUT2D eigenvalue weighted by Crippen LogP contribution is 2.36. The van der Waals surface area contributed by atoms with Gasteiger partial charge in [0.1, 0.15) is 5.69 Å². The fraction of sp³-hybridized carbons (Fsp3) is 0.375. The first-order valence-electron chi connectivity index (χ1n) is 7.41. The third kappa shape index (κ3) is 2.06. The van der Waals surface area contributed by atoms with Crippen molar-refractivity contribution < 1.29 is 14.3 Å². The largest absolute Gasteiger partial charge is 0.481 e. The van der Waals surface area contributed by atoms with Gasteiger partial charge in [0, 0.05) is 10.6 Å². The Morgan fingerprint density at radius 2 is 2.45 bits per heavy atom. The molecule has 0 aromatic carbocycles. The van der Waals surface area contributed by atoms with Crippen LogP contribution < -0.4 is 0 Å². The number of carboxylic acids is 1. The number of fused-ring (bicyclic) bond motifs is 3. The SMILES string of the molecule is CC1CCc2c(sc3nc(-c4ccco4)c(CC(=O)O)n23)C1. The maximum Gasteiger partial charge on any atom is 0.309 e. The lowest BCUT2D eigenvalue weighted by Crippen LogP contribution is -2.13. The number of hydrogen-bond acceptors (Lipinski definition) is 4. The molecule has 6 heteroatoms. The quantitative estimate of drug-likeness (QED) is 0.804. The number of rotatable bonds is 3. The summed E-state index contributed by atoms with van der Waals surface area (Å²) in [4.78, 5) is 18.2. The van der Waals surface area contributed by atoms with E-state index in [-0.39, 0.29) is 6.42 Å². The number of aryl methyl sites for hydroxylation is 1. The van der Waals surface area contributed by atoms with Crippen LogP contribution in [0.25, 0.3) is 16.4 Å². The standard InChI is InChI=1S/C16H16N2O3S/c1-9-4-5-10-13(7-9)22-16-17-15(12-3-2-6-21-12)11(18(10)16)8-14(19)20/h2-3,6,9H,4-5,7-8H2,1H3,(H,19,20). The summed E-state index contributed by atoms with van der Waals surface area (Å²) in [6.45, 7) is 2.26. The van der Waals surface area contributed by atoms with Crippen LogP contribution >= 0.6 is 11.3 Å². The molecule has 114 valence electrons. The first kappa shape index (κ1) is 13.6. The van der Waals surface area contributed by atoms with Crippen molar-refractivity contribution in [2.45, 2.75) is 32.6 Å². The molecule has 5 nitrogen and oxygen atoms in total. The lowest BCUT2D eigenvalue weighted by molar-refractivity contribution is -0.136. The highest BCUT2D eigenvalue weighted by Gasteiger charge is 2.26. The van der Waals surface area contributed by atoms with Gasteiger partial charge in [-0.1, -0.05) is 6.92 Å². The van der Waals surface area contributed by atoms with Crippen molar-refractivity contribution in [3.8, 4) is 11.5 Å². The Morgan fingerprint density at radius 3 is 3.18 bits per heavy atom. The average molecular weight is 316 g/mol. The minimum Gasteiger partial charge on any atom is -0.481 e. The molecule has 0 bridgehead atoms. The summed E-state index contributed by atoms with van der Waals surface area (Å²) in [6.07, 6.45) is 4.73. The van der Waals surface area contributed by atoms with Crippen LogP contribution in [0.2, 0.25) is 0 Å². The van der Waals surface area contributed by atoms with Crippen LogP contribution in [0.15, 0.2) is 22.8 Å². The van der Waals surface area contributed by atoms with Crippen LogP contribution in [0, 0.1) is 5.92 Å². The van der Waals surface area contributed by atoms with E-state index in [2.05, 4.69) is 16.3 Å². The Bertz CT molecular complexity index is 845. The smallest absolute Gasteiger partial charge is 0.309 e. The topological polar surface area (TPSA) is 67.7 Å². The molecule has 1 unspecified atom stereocenters. The van der Waals surface area contributed by atoms with Crippen molar-refractivity contribution in [3.05, 3.63) is 34.7 Å². The highest BCUT2D eigenvalue weighted by atomic mass is 32.1. The average Bonchev–Trinajstić information content (AvgIpc) is 3.13. The normalized spacial score (nSPS) is 17.8. The molecule has 0 saturated heterocycles. The van der Waals surface area contributed by atoms with E-state index in [9.17, 15) is 9.90 Å². The lowest BCUT2D eigenvalue weighted by atomic mass is 9.93. The molecule has 1 aliphatic rings. The minimum atomic E-state index is -0.848. The summed E-state index contributed by atoms with van der Waals surface area (Å²) in [6, 6.07) is 3.62. The second-order valence-corrected chi connectivity index (χ2v) is 6.95. The van der Waals surface area contributed by atoms with Gasteiger partial charge in [-0.05, 0) is 37.3 Å². The van der Waals surface area contributed by atoms with Crippen molar-refractivity contribution in [2.24, 2.45) is 5.92 Å². The van der Waals surface area contributed by atoms with E-state index in [4.69, 9.17) is 4.42 Å². The van der Waals surface area contributed by atoms with E-state index in [0.29, 0.717) is 17.4 Å². The molecule has 3 aromatic heterocycles. The minimum absolute atomic E-state index is 0.0457. The van der Waals surface area contributed by atoms with Crippen LogP contribution in [0.4, 0.5) is 0 Å². The fourth-order valence-electron chi connectivity index (χ4n) is 3.20. The second-order valence-electron chi connectivity index (χ2n) is 5.89. The summed E-state index contributed by atoms with van der Waals surface area (Å²) >= 11 is 1.68. The summed E-state index contributed by atoms with van der Waals surface area (Å²) in [7, 11) is 0. The highest BCUT2D eigenvalue weighted by molar-refractivity contribution is 7.17. The van der Waals surface area contributed by atoms with Gasteiger partial charge in [0.15, 0.2) is 10.7 Å². The van der Waals surface area contributed by atoms with Gasteiger partial charge in [-0.15, -0.1) is 11.3 Å². The Morgan fingerprint density at radius 1 is 1.59 bits per heavy atom. The zero-order valence-corrected chi connectivity index (χ0v) is 13.0. The number of aromatic nitrogens is 2. The Hall–Kier alpha value is -2.08. The third-order valence-electron chi connectivity index (χ3n) is 4.23. The third-order valence-corrected chi connectivity index (χ3v) is 5.33. The van der Waals surface area contributed by atoms with Crippen LogP contribution in [0.1, 0.15) is 29.6 Å². The molecule has 1 N–H and O–H groups in total. The number of imidazole rings is 1. The Kier molecular flexibility index (Phi) is 3.07. The van der Waals surface area contributed by atoms with E-state index in [1.807, 2.05) is 6.07 Å². The van der Waals surface area contributed by atoms with Gasteiger partial charge in [0.05, 0.1) is 18.4 Å². The van der Waals surface area contributed by atoms with Crippen LogP contribution in [0.3, 0.4) is 0 Å². The van der Waals surface area contributed by atoms with Gasteiger partial charge < -0.3 is 9.52 Å². The molecular formula is C16H16N2O3S. The van der Waals surface area contributed by atoms with Crippen LogP contribution in [-0.4, -0.2) is 20.5 Å². The molecule has 0 amide bonds. The fourth-order valence-corrected chi connectivity index (χ4v) is 4.55. The maximum atomic E-state index is 11.3. The monoisotopic (exact) mass is 316 g/mol. The summed E-state index contributed by atoms with van der Waals surface area (Å²) < 4.78 is 7.49. The van der Waals surface area contributed by atoms with Crippen molar-refractivity contribution in [1.82, 2.24) is 9.38 Å². The molecule has 0 fully saturated rings. The van der Waals surface area contributed by atoms with Crippen molar-refractivity contribution >= 4 is 22.3 Å². The van der Waals surface area contributed by atoms with Crippen LogP contribution in [-0.2, 0) is 24.1 Å². The predicted molar refractivity (Wildman–Crippen MR) is 83.3 cm³/mol. The zero-order valence-electron chi connectivity index (χ0n) is 12.2. The molecular weight excluding hydrogens is 300 g/mol. The lowest BCUT2D eigenvalue weighted by Gasteiger charge is -2.18. The van der Waals surface area contributed by atoms with Gasteiger partial charge in [0.25, 0.3) is 0 Å². The molecule has 4 rings (SSSR count). The second kappa shape index (κ2) is 4.98. The van der Waals surface area contributed by atoms with E-state index >= 15 is 0 Å². The number of nitrogens with zero attached hydrogens (tertiary/aromatic N) is 2. The van der Waals surface area contributed by atoms with Crippen molar-refractivity contribution in [2.75, 3.05) is 0 Å². The number of carboxylic acid groups (broad SMARTS) is 1. The number of hydrogen-bond donors (Lipinski definition) is 1. The number of carbonyl (C=O) groups is 1. The predicted octanol–water partition coefficient (Wildman–Crippen LogP) is 3.41. The van der Waals surface area contributed by atoms with Crippen molar-refractivity contribution in [3.63, 3.8) is 0 Å². The molecule has 3 heterocycles. The zero-order chi connectivity index (χ0) is 15.3. The van der Waals surface area contributed by atoms with Crippen LogP contribution in [0.5, 0.6) is 0 Å². The van der Waals surface area contributed by atoms with E-state index in [0.717, 1.165) is 29.9 Å². The first-order valence-corrected chi connectivity index (χ1v) is 8.22. The summed E-state index contributed by atoms with van der Waals surface area (Å²) in [5.74, 6) is 0.465. The van der Waals surface area contributed by atoms with Gasteiger partial charge in [-0.2, -0.15) is 0 Å². The number of furan rings is 1. The van der Waals surface area contributed by atoms with E-state index in [1.165, 1.54) is 10.6 Å². The molecule has 0 aliphatic heterocycles. The van der Waals surface area contributed by atoms with Gasteiger partial charge in [-0.25, -0.2) is 4.98 Å². The Balaban J connectivity index is 1.94. The summed E-state index contributed by atoms with van der Waals surface area (Å²) in [5, 5.41) is 9.28. The molecule has 0 saturated carbocycles. The molecule has 0 radical (unpaired) electrons. The molecule has 3 aromatic rings. The first-order chi connectivity index (χ1) is 10.6. The molecule has 0 spiro atoms. The molecule has 22 heavy (non-hydrogen) atoms.